The summed E-state index contributed by atoms with van der Waals surface area (Å²) >= 11 is 0. The van der Waals surface area contributed by atoms with Gasteiger partial charge in [0, 0.05) is 0 Å². The summed E-state index contributed by atoms with van der Waals surface area (Å²) in [6, 6.07) is 53.3. The molecule has 38 heavy (non-hydrogen) atoms. The van der Waals surface area contributed by atoms with Crippen LogP contribution in [0.15, 0.2) is 146 Å². The van der Waals surface area contributed by atoms with Crippen LogP contribution >= 0.6 is 0 Å². The smallest absolute Gasteiger partial charge is 0.00201 e. The highest BCUT2D eigenvalue weighted by Crippen LogP contribution is 2.45. The predicted molar refractivity (Wildman–Crippen MR) is 165 cm³/mol. The van der Waals surface area contributed by atoms with E-state index in [1.807, 2.05) is 0 Å². The third kappa shape index (κ3) is 3.11. The summed E-state index contributed by atoms with van der Waals surface area (Å²) in [4.78, 5) is 0. The summed E-state index contributed by atoms with van der Waals surface area (Å²) in [6.45, 7) is 0. The maximum absolute atomic E-state index is 2.37. The minimum Gasteiger partial charge on any atom is -0.0616 e. The normalized spacial score (nSPS) is 11.7. The molecule has 0 fully saturated rings. The molecule has 0 unspecified atom stereocenters. The van der Waals surface area contributed by atoms with E-state index in [9.17, 15) is 0 Å². The molecule has 0 bridgehead atoms. The fourth-order valence-electron chi connectivity index (χ4n) is 6.34. The van der Waals surface area contributed by atoms with Crippen LogP contribution in [0.5, 0.6) is 0 Å². The van der Waals surface area contributed by atoms with Crippen molar-refractivity contribution in [3.63, 3.8) is 0 Å². The van der Waals surface area contributed by atoms with Crippen molar-refractivity contribution in [2.75, 3.05) is 0 Å². The van der Waals surface area contributed by atoms with Gasteiger partial charge in [-0.15, -0.1) is 0 Å². The minimum absolute atomic E-state index is 1.25. The van der Waals surface area contributed by atoms with E-state index in [-0.39, 0.29) is 0 Å². The molecule has 0 N–H and O–H groups in total. The average molecular weight is 481 g/mol. The molecular formula is C38H24. The zero-order chi connectivity index (χ0) is 25.1. The van der Waals surface area contributed by atoms with Gasteiger partial charge in [0.15, 0.2) is 0 Å². The molecule has 0 spiro atoms. The van der Waals surface area contributed by atoms with Crippen LogP contribution in [-0.2, 0) is 0 Å². The molecule has 0 aromatic heterocycles. The van der Waals surface area contributed by atoms with E-state index in [1.165, 1.54) is 76.1 Å². The first-order chi connectivity index (χ1) is 18.9. The lowest BCUT2D eigenvalue weighted by Crippen LogP contribution is -1.91. The van der Waals surface area contributed by atoms with Crippen molar-refractivity contribution in [3.8, 4) is 22.3 Å². The van der Waals surface area contributed by atoms with Crippen molar-refractivity contribution >= 4 is 53.9 Å². The largest absolute Gasteiger partial charge is 0.0616 e. The van der Waals surface area contributed by atoms with Gasteiger partial charge in [0.05, 0.1) is 0 Å². The second-order valence-electron chi connectivity index (χ2n) is 10.1. The van der Waals surface area contributed by atoms with E-state index < -0.39 is 0 Å². The van der Waals surface area contributed by atoms with Crippen LogP contribution in [0.1, 0.15) is 0 Å². The van der Waals surface area contributed by atoms with Gasteiger partial charge in [0.1, 0.15) is 0 Å². The average Bonchev–Trinajstić information content (AvgIpc) is 2.99. The third-order valence-corrected chi connectivity index (χ3v) is 8.02. The van der Waals surface area contributed by atoms with Gasteiger partial charge >= 0.3 is 0 Å². The van der Waals surface area contributed by atoms with Gasteiger partial charge in [0.2, 0.25) is 0 Å². The zero-order valence-corrected chi connectivity index (χ0v) is 20.9. The maximum atomic E-state index is 2.37. The fraction of sp³-hybridized carbons (Fsp3) is 0. The van der Waals surface area contributed by atoms with E-state index in [0.717, 1.165) is 0 Å². The molecule has 8 aromatic carbocycles. The summed E-state index contributed by atoms with van der Waals surface area (Å²) in [5.41, 5.74) is 5.15. The van der Waals surface area contributed by atoms with Crippen molar-refractivity contribution in [2.45, 2.75) is 0 Å². The first-order valence-electron chi connectivity index (χ1n) is 13.2. The molecule has 0 saturated heterocycles. The summed E-state index contributed by atoms with van der Waals surface area (Å²) in [5.74, 6) is 0. The first kappa shape index (κ1) is 21.2. The van der Waals surface area contributed by atoms with Gasteiger partial charge in [-0.2, -0.15) is 0 Å². The molecular weight excluding hydrogens is 456 g/mol. The first-order valence-corrected chi connectivity index (χ1v) is 13.2. The minimum atomic E-state index is 1.25. The Hall–Kier alpha value is -4.94. The lowest BCUT2D eigenvalue weighted by atomic mass is 9.84. The molecule has 176 valence electrons. The van der Waals surface area contributed by atoms with Gasteiger partial charge in [0.25, 0.3) is 0 Å². The highest BCUT2D eigenvalue weighted by atomic mass is 14.2. The Bertz CT molecular complexity index is 2120. The lowest BCUT2D eigenvalue weighted by molar-refractivity contribution is 1.68. The van der Waals surface area contributed by atoms with Gasteiger partial charge in [-0.1, -0.05) is 140 Å². The Labute approximate surface area is 221 Å². The Balaban J connectivity index is 1.49. The van der Waals surface area contributed by atoms with Crippen LogP contribution < -0.4 is 0 Å². The van der Waals surface area contributed by atoms with E-state index in [0.29, 0.717) is 0 Å². The Morgan fingerprint density at radius 2 is 0.737 bits per heavy atom. The van der Waals surface area contributed by atoms with Crippen molar-refractivity contribution in [1.82, 2.24) is 0 Å². The van der Waals surface area contributed by atoms with Gasteiger partial charge in [-0.3, -0.25) is 0 Å². The lowest BCUT2D eigenvalue weighted by Gasteiger charge is -2.19. The second-order valence-corrected chi connectivity index (χ2v) is 10.1. The molecule has 0 aliphatic rings. The van der Waals surface area contributed by atoms with Gasteiger partial charge in [-0.25, -0.2) is 0 Å². The quantitative estimate of drug-likeness (QED) is 0.170. The molecule has 0 nitrogen and oxygen atoms in total. The summed E-state index contributed by atoms with van der Waals surface area (Å²) in [5, 5.41) is 12.9. The van der Waals surface area contributed by atoms with Crippen molar-refractivity contribution < 1.29 is 0 Å². The number of rotatable bonds is 2. The van der Waals surface area contributed by atoms with Crippen LogP contribution in [0.3, 0.4) is 0 Å². The Morgan fingerprint density at radius 1 is 0.263 bits per heavy atom. The van der Waals surface area contributed by atoms with Crippen LogP contribution in [0, 0.1) is 0 Å². The highest BCUT2D eigenvalue weighted by Gasteiger charge is 2.18. The monoisotopic (exact) mass is 480 g/mol. The molecule has 0 heterocycles. The second kappa shape index (κ2) is 8.30. The molecule has 0 amide bonds. The van der Waals surface area contributed by atoms with E-state index in [4.69, 9.17) is 0 Å². The number of benzene rings is 8. The predicted octanol–water partition coefficient (Wildman–Crippen LogP) is 10.8. The molecule has 0 radical (unpaired) electrons. The molecule has 0 heteroatoms. The molecule has 8 aromatic rings. The van der Waals surface area contributed by atoms with Crippen LogP contribution in [-0.4, -0.2) is 0 Å². The van der Waals surface area contributed by atoms with Crippen molar-refractivity contribution in [2.24, 2.45) is 0 Å². The standard InChI is InChI=1S/C38H24/c1-4-14-30-25(10-1)12-9-19-32(30)38-35-17-7-5-15-33(35)37(34-16-6-8-18-36(34)38)28-22-23-31-27(24-28)21-20-26-11-2-3-13-29(26)31/h1-24H. The third-order valence-electron chi connectivity index (χ3n) is 8.02. The topological polar surface area (TPSA) is 0 Å². The molecule has 8 rings (SSSR count). The van der Waals surface area contributed by atoms with Crippen LogP contribution in [0.2, 0.25) is 0 Å². The molecule has 0 aliphatic heterocycles. The van der Waals surface area contributed by atoms with Gasteiger partial charge < -0.3 is 0 Å². The number of fused-ring (bicyclic) bond motifs is 6. The Morgan fingerprint density at radius 3 is 1.42 bits per heavy atom. The number of hydrogen-bond acceptors (Lipinski definition) is 0. The Kier molecular flexibility index (Phi) is 4.62. The maximum Gasteiger partial charge on any atom is -0.00201 e. The van der Waals surface area contributed by atoms with E-state index in [2.05, 4.69) is 146 Å². The van der Waals surface area contributed by atoms with Crippen molar-refractivity contribution in [1.29, 1.82) is 0 Å². The summed E-state index contributed by atoms with van der Waals surface area (Å²) in [6.07, 6.45) is 0. The summed E-state index contributed by atoms with van der Waals surface area (Å²) in [7, 11) is 0. The SMILES string of the molecule is c1ccc2c(-c3c4ccccc4c(-c4ccc5c(ccc6ccccc65)c4)c4ccccc34)cccc2c1. The summed E-state index contributed by atoms with van der Waals surface area (Å²) < 4.78 is 0. The van der Waals surface area contributed by atoms with Crippen LogP contribution in [0.4, 0.5) is 0 Å². The van der Waals surface area contributed by atoms with E-state index in [1.54, 1.807) is 0 Å². The molecule has 0 atom stereocenters. The van der Waals surface area contributed by atoms with Crippen molar-refractivity contribution in [3.05, 3.63) is 146 Å². The fourth-order valence-corrected chi connectivity index (χ4v) is 6.34. The molecule has 0 aliphatic carbocycles. The van der Waals surface area contributed by atoms with Gasteiger partial charge in [-0.05, 0) is 82.2 Å². The van der Waals surface area contributed by atoms with Crippen LogP contribution in [0.25, 0.3) is 76.1 Å². The van der Waals surface area contributed by atoms with E-state index >= 15 is 0 Å². The number of hydrogen-bond donors (Lipinski definition) is 0. The zero-order valence-electron chi connectivity index (χ0n) is 20.9. The highest BCUT2D eigenvalue weighted by molar-refractivity contribution is 6.24. The molecule has 0 saturated carbocycles.